The first-order valence-electron chi connectivity index (χ1n) is 5.76. The summed E-state index contributed by atoms with van der Waals surface area (Å²) in [5.74, 6) is -0.000500. The van der Waals surface area contributed by atoms with Crippen molar-refractivity contribution in [1.82, 2.24) is 10.2 Å². The van der Waals surface area contributed by atoms with Gasteiger partial charge < -0.3 is 4.74 Å². The zero-order valence-electron chi connectivity index (χ0n) is 10.5. The fraction of sp³-hybridized carbons (Fsp3) is 0.308. The Hall–Kier alpha value is -2.39. The summed E-state index contributed by atoms with van der Waals surface area (Å²) in [6, 6.07) is 6.93. The number of nitriles is 1. The van der Waals surface area contributed by atoms with Crippen LogP contribution in [0.15, 0.2) is 18.2 Å². The second-order valence-corrected chi connectivity index (χ2v) is 4.12. The highest BCUT2D eigenvalue weighted by Gasteiger charge is 2.26. The summed E-state index contributed by atoms with van der Waals surface area (Å²) in [6.07, 6.45) is 0. The van der Waals surface area contributed by atoms with Crippen molar-refractivity contribution in [3.8, 4) is 11.8 Å². The number of amides is 2. The maximum Gasteiger partial charge on any atom is 0.243 e. The smallest absolute Gasteiger partial charge is 0.243 e. The third-order valence-corrected chi connectivity index (χ3v) is 2.89. The molecule has 0 radical (unpaired) electrons. The Bertz CT molecular complexity index is 547. The zero-order valence-corrected chi connectivity index (χ0v) is 10.5. The molecule has 1 saturated heterocycles. The fourth-order valence-corrected chi connectivity index (χ4v) is 1.92. The maximum absolute atomic E-state index is 11.7. The summed E-state index contributed by atoms with van der Waals surface area (Å²) in [4.78, 5) is 24.6. The van der Waals surface area contributed by atoms with Gasteiger partial charge in [-0.05, 0) is 18.2 Å². The number of methoxy groups -OCH3 is 1. The molecule has 2 rings (SSSR count). The molecule has 0 saturated carbocycles. The molecule has 6 nitrogen and oxygen atoms in total. The highest BCUT2D eigenvalue weighted by atomic mass is 16.5. The Morgan fingerprint density at radius 2 is 2.05 bits per heavy atom. The van der Waals surface area contributed by atoms with Crippen molar-refractivity contribution in [3.63, 3.8) is 0 Å². The standard InChI is InChI=1S/C13H13N3O3/c1-19-11-3-2-9(5-14)4-10(11)8-16-12(17)6-15-7-13(16)18/h2-4,15H,6-8H2,1H3. The first-order chi connectivity index (χ1) is 9.15. The maximum atomic E-state index is 11.7. The molecule has 1 fully saturated rings. The van der Waals surface area contributed by atoms with Gasteiger partial charge in [-0.2, -0.15) is 5.26 Å². The Labute approximate surface area is 110 Å². The molecule has 0 bridgehead atoms. The second kappa shape index (κ2) is 5.50. The molecule has 0 aromatic heterocycles. The van der Waals surface area contributed by atoms with Gasteiger partial charge in [0, 0.05) is 5.56 Å². The third kappa shape index (κ3) is 2.72. The number of carbonyl (C=O) groups is 2. The van der Waals surface area contributed by atoms with E-state index in [1.165, 1.54) is 12.0 Å². The molecule has 1 heterocycles. The molecule has 0 unspecified atom stereocenters. The molecule has 1 aliphatic heterocycles. The van der Waals surface area contributed by atoms with E-state index < -0.39 is 0 Å². The van der Waals surface area contributed by atoms with Crippen LogP contribution in [0.2, 0.25) is 0 Å². The quantitative estimate of drug-likeness (QED) is 0.774. The lowest BCUT2D eigenvalue weighted by Gasteiger charge is -2.26. The Morgan fingerprint density at radius 3 is 2.63 bits per heavy atom. The molecule has 1 aromatic rings. The minimum atomic E-state index is -0.277. The van der Waals surface area contributed by atoms with Gasteiger partial charge in [0.2, 0.25) is 11.8 Å². The van der Waals surface area contributed by atoms with Crippen LogP contribution in [0, 0.1) is 11.3 Å². The largest absolute Gasteiger partial charge is 0.496 e. The lowest BCUT2D eigenvalue weighted by atomic mass is 10.1. The van der Waals surface area contributed by atoms with Gasteiger partial charge in [0.05, 0.1) is 38.4 Å². The van der Waals surface area contributed by atoms with Crippen molar-refractivity contribution in [3.05, 3.63) is 29.3 Å². The summed E-state index contributed by atoms with van der Waals surface area (Å²) in [7, 11) is 1.51. The summed E-state index contributed by atoms with van der Waals surface area (Å²) < 4.78 is 5.18. The number of nitrogens with one attached hydrogen (secondary N) is 1. The highest BCUT2D eigenvalue weighted by Crippen LogP contribution is 2.22. The number of hydrogen-bond acceptors (Lipinski definition) is 5. The molecule has 0 spiro atoms. The molecule has 98 valence electrons. The van der Waals surface area contributed by atoms with Crippen molar-refractivity contribution in [2.45, 2.75) is 6.54 Å². The van der Waals surface area contributed by atoms with E-state index in [-0.39, 0.29) is 31.4 Å². The summed E-state index contributed by atoms with van der Waals surface area (Å²) in [5, 5.41) is 11.6. The first kappa shape index (κ1) is 13.1. The molecule has 0 aliphatic carbocycles. The molecule has 6 heteroatoms. The van der Waals surface area contributed by atoms with E-state index in [1.807, 2.05) is 6.07 Å². The van der Waals surface area contributed by atoms with E-state index in [2.05, 4.69) is 5.32 Å². The van der Waals surface area contributed by atoms with Crippen molar-refractivity contribution in [2.75, 3.05) is 20.2 Å². The minimum Gasteiger partial charge on any atom is -0.496 e. The van der Waals surface area contributed by atoms with Gasteiger partial charge in [0.1, 0.15) is 5.75 Å². The monoisotopic (exact) mass is 259 g/mol. The van der Waals surface area contributed by atoms with Crippen molar-refractivity contribution in [2.24, 2.45) is 0 Å². The van der Waals surface area contributed by atoms with Crippen LogP contribution in [0.3, 0.4) is 0 Å². The Morgan fingerprint density at radius 1 is 1.37 bits per heavy atom. The van der Waals surface area contributed by atoms with E-state index in [0.29, 0.717) is 16.9 Å². The van der Waals surface area contributed by atoms with Gasteiger partial charge in [0.25, 0.3) is 0 Å². The molecule has 2 amide bonds. The van der Waals surface area contributed by atoms with Gasteiger partial charge in [0.15, 0.2) is 0 Å². The van der Waals surface area contributed by atoms with Crippen LogP contribution in [-0.2, 0) is 16.1 Å². The van der Waals surface area contributed by atoms with Crippen molar-refractivity contribution < 1.29 is 14.3 Å². The van der Waals surface area contributed by atoms with Crippen LogP contribution >= 0.6 is 0 Å². The Kier molecular flexibility index (Phi) is 3.78. The molecule has 0 atom stereocenters. The van der Waals surface area contributed by atoms with Gasteiger partial charge in [-0.1, -0.05) is 0 Å². The number of carbonyl (C=O) groups excluding carboxylic acids is 2. The number of imide groups is 1. The Balaban J connectivity index is 2.29. The lowest BCUT2D eigenvalue weighted by molar-refractivity contribution is -0.147. The summed E-state index contributed by atoms with van der Waals surface area (Å²) >= 11 is 0. The molecular weight excluding hydrogens is 246 g/mol. The van der Waals surface area contributed by atoms with Crippen LogP contribution in [0.4, 0.5) is 0 Å². The van der Waals surface area contributed by atoms with Crippen molar-refractivity contribution >= 4 is 11.8 Å². The number of ether oxygens (including phenoxy) is 1. The molecule has 1 aromatic carbocycles. The molecule has 1 aliphatic rings. The normalized spacial score (nSPS) is 15.3. The zero-order chi connectivity index (χ0) is 13.8. The number of nitrogens with zero attached hydrogens (tertiary/aromatic N) is 2. The topological polar surface area (TPSA) is 82.4 Å². The predicted molar refractivity (Wildman–Crippen MR) is 66.1 cm³/mol. The lowest BCUT2D eigenvalue weighted by Crippen LogP contribution is -2.51. The fourth-order valence-electron chi connectivity index (χ4n) is 1.92. The molecular formula is C13H13N3O3. The van der Waals surface area contributed by atoms with E-state index in [9.17, 15) is 9.59 Å². The van der Waals surface area contributed by atoms with Crippen LogP contribution in [0.5, 0.6) is 5.75 Å². The van der Waals surface area contributed by atoms with Gasteiger partial charge in [-0.15, -0.1) is 0 Å². The predicted octanol–water partition coefficient (Wildman–Crippen LogP) is 0.0253. The van der Waals surface area contributed by atoms with Crippen molar-refractivity contribution in [1.29, 1.82) is 5.26 Å². The number of piperazine rings is 1. The molecule has 19 heavy (non-hydrogen) atoms. The molecule has 1 N–H and O–H groups in total. The SMILES string of the molecule is COc1ccc(C#N)cc1CN1C(=O)CNCC1=O. The van der Waals surface area contributed by atoms with Crippen LogP contribution in [0.25, 0.3) is 0 Å². The number of rotatable bonds is 3. The second-order valence-electron chi connectivity index (χ2n) is 4.12. The van der Waals surface area contributed by atoms with E-state index in [0.717, 1.165) is 0 Å². The average Bonchev–Trinajstić information content (AvgIpc) is 2.42. The summed E-state index contributed by atoms with van der Waals surface area (Å²) in [5.41, 5.74) is 1.11. The first-order valence-corrected chi connectivity index (χ1v) is 5.76. The third-order valence-electron chi connectivity index (χ3n) is 2.89. The van der Waals surface area contributed by atoms with E-state index in [4.69, 9.17) is 10.00 Å². The minimum absolute atomic E-state index is 0.123. The highest BCUT2D eigenvalue weighted by molar-refractivity contribution is 5.99. The van der Waals surface area contributed by atoms with Gasteiger partial charge in [-0.3, -0.25) is 19.8 Å². The number of hydrogen-bond donors (Lipinski definition) is 1. The van der Waals surface area contributed by atoms with E-state index >= 15 is 0 Å². The van der Waals surface area contributed by atoms with Gasteiger partial charge in [-0.25, -0.2) is 0 Å². The van der Waals surface area contributed by atoms with E-state index in [1.54, 1.807) is 18.2 Å². The number of benzene rings is 1. The summed E-state index contributed by atoms with van der Waals surface area (Å²) in [6.45, 7) is 0.413. The van der Waals surface area contributed by atoms with Crippen LogP contribution in [-0.4, -0.2) is 36.9 Å². The van der Waals surface area contributed by atoms with Crippen LogP contribution < -0.4 is 10.1 Å². The average molecular weight is 259 g/mol. The van der Waals surface area contributed by atoms with Crippen LogP contribution in [0.1, 0.15) is 11.1 Å². The van der Waals surface area contributed by atoms with Gasteiger partial charge >= 0.3 is 0 Å².